The summed E-state index contributed by atoms with van der Waals surface area (Å²) >= 11 is 0. The molecule has 0 radical (unpaired) electrons. The molecule has 26 heavy (non-hydrogen) atoms. The molecule has 1 N–H and O–H groups in total. The lowest BCUT2D eigenvalue weighted by atomic mass is 9.96. The first-order valence-electron chi connectivity index (χ1n) is 9.74. The van der Waals surface area contributed by atoms with Crippen LogP contribution in [0.4, 0.5) is 0 Å². The summed E-state index contributed by atoms with van der Waals surface area (Å²) in [4.78, 5) is 26.3. The summed E-state index contributed by atoms with van der Waals surface area (Å²) in [5.41, 5.74) is 1.49. The molecule has 1 heterocycles. The summed E-state index contributed by atoms with van der Waals surface area (Å²) in [7, 11) is 1.37. The first-order valence-corrected chi connectivity index (χ1v) is 9.74. The zero-order chi connectivity index (χ0) is 18.9. The van der Waals surface area contributed by atoms with Gasteiger partial charge in [0.1, 0.15) is 0 Å². The number of carbonyl (C=O) groups is 2. The van der Waals surface area contributed by atoms with Crippen molar-refractivity contribution < 1.29 is 14.3 Å². The van der Waals surface area contributed by atoms with Crippen molar-refractivity contribution >= 4 is 11.9 Å². The summed E-state index contributed by atoms with van der Waals surface area (Å²) < 4.78 is 4.69. The molecular weight excluding hydrogens is 328 g/mol. The van der Waals surface area contributed by atoms with Gasteiger partial charge in [-0.15, -0.1) is 0 Å². The van der Waals surface area contributed by atoms with Gasteiger partial charge in [-0.25, -0.2) is 4.79 Å². The summed E-state index contributed by atoms with van der Waals surface area (Å²) in [5.74, 6) is 0.529. The number of rotatable bonds is 7. The van der Waals surface area contributed by atoms with E-state index in [2.05, 4.69) is 17.1 Å². The van der Waals surface area contributed by atoms with E-state index in [1.54, 1.807) is 12.1 Å². The Hall–Kier alpha value is -1.88. The van der Waals surface area contributed by atoms with Crippen molar-refractivity contribution in [3.63, 3.8) is 0 Å². The second kappa shape index (κ2) is 10.3. The Kier molecular flexibility index (Phi) is 8.10. The fourth-order valence-electron chi connectivity index (χ4n) is 3.65. The Morgan fingerprint density at radius 1 is 1.23 bits per heavy atom. The fraction of sp³-hybridized carbons (Fsp3) is 0.619. The number of nitrogens with one attached hydrogen (secondary N) is 1. The van der Waals surface area contributed by atoms with Crippen LogP contribution in [0, 0.1) is 5.92 Å². The number of nitrogens with zero attached hydrogens (tertiary/aromatic N) is 1. The minimum atomic E-state index is -0.350. The van der Waals surface area contributed by atoms with Gasteiger partial charge in [0.2, 0.25) is 5.91 Å². The molecule has 0 bridgehead atoms. The van der Waals surface area contributed by atoms with Gasteiger partial charge in [0, 0.05) is 6.54 Å². The molecule has 1 aromatic carbocycles. The Morgan fingerprint density at radius 3 is 2.62 bits per heavy atom. The number of esters is 1. The molecular formula is C21H32N2O3. The van der Waals surface area contributed by atoms with Crippen LogP contribution in [0.2, 0.25) is 0 Å². The number of amides is 1. The predicted molar refractivity (Wildman–Crippen MR) is 103 cm³/mol. The van der Waals surface area contributed by atoms with Crippen LogP contribution in [0.15, 0.2) is 24.3 Å². The molecule has 1 amide bonds. The second-order valence-corrected chi connectivity index (χ2v) is 7.20. The van der Waals surface area contributed by atoms with Crippen LogP contribution in [-0.4, -0.2) is 43.0 Å². The number of benzene rings is 1. The van der Waals surface area contributed by atoms with Crippen LogP contribution in [0.5, 0.6) is 0 Å². The van der Waals surface area contributed by atoms with E-state index in [0.29, 0.717) is 12.1 Å². The predicted octanol–water partition coefficient (Wildman–Crippen LogP) is 3.38. The normalized spacial score (nSPS) is 19.4. The highest BCUT2D eigenvalue weighted by atomic mass is 16.5. The van der Waals surface area contributed by atoms with Gasteiger partial charge in [0.05, 0.1) is 18.7 Å². The average Bonchev–Trinajstić information content (AvgIpc) is 2.91. The Morgan fingerprint density at radius 2 is 1.96 bits per heavy atom. The SMILES string of the molecule is CCCC1CCCN(C(C)C(=O)NCc2ccc(C(=O)OC)cc2)CC1. The lowest BCUT2D eigenvalue weighted by Gasteiger charge is -2.26. The molecule has 1 saturated heterocycles. The van der Waals surface area contributed by atoms with Crippen molar-refractivity contribution in [2.45, 2.75) is 58.5 Å². The van der Waals surface area contributed by atoms with Crippen LogP contribution in [0.25, 0.3) is 0 Å². The van der Waals surface area contributed by atoms with E-state index in [4.69, 9.17) is 4.74 Å². The van der Waals surface area contributed by atoms with Gasteiger partial charge in [-0.05, 0) is 62.9 Å². The molecule has 5 nitrogen and oxygen atoms in total. The molecule has 1 fully saturated rings. The first-order chi connectivity index (χ1) is 12.5. The third-order valence-corrected chi connectivity index (χ3v) is 5.35. The maximum Gasteiger partial charge on any atom is 0.337 e. The lowest BCUT2D eigenvalue weighted by Crippen LogP contribution is -2.45. The number of hydrogen-bond donors (Lipinski definition) is 1. The van der Waals surface area contributed by atoms with Gasteiger partial charge in [0.15, 0.2) is 0 Å². The highest BCUT2D eigenvalue weighted by Crippen LogP contribution is 2.23. The number of methoxy groups -OCH3 is 1. The third kappa shape index (κ3) is 5.84. The molecule has 1 aliphatic rings. The number of carbonyl (C=O) groups excluding carboxylic acids is 2. The van der Waals surface area contributed by atoms with Crippen LogP contribution < -0.4 is 5.32 Å². The molecule has 144 valence electrons. The average molecular weight is 360 g/mol. The molecule has 1 aliphatic heterocycles. The van der Waals surface area contributed by atoms with Crippen LogP contribution in [0.3, 0.4) is 0 Å². The quantitative estimate of drug-likeness (QED) is 0.757. The van der Waals surface area contributed by atoms with Crippen molar-refractivity contribution in [3.05, 3.63) is 35.4 Å². The zero-order valence-electron chi connectivity index (χ0n) is 16.3. The van der Waals surface area contributed by atoms with Gasteiger partial charge < -0.3 is 10.1 Å². The van der Waals surface area contributed by atoms with Crippen molar-refractivity contribution in [1.29, 1.82) is 0 Å². The lowest BCUT2D eigenvalue weighted by molar-refractivity contribution is -0.126. The highest BCUT2D eigenvalue weighted by Gasteiger charge is 2.24. The number of likely N-dealkylation sites (tertiary alicyclic amines) is 1. The van der Waals surface area contributed by atoms with Crippen LogP contribution in [0.1, 0.15) is 61.9 Å². The van der Waals surface area contributed by atoms with E-state index in [1.165, 1.54) is 39.2 Å². The highest BCUT2D eigenvalue weighted by molar-refractivity contribution is 5.89. The molecule has 5 heteroatoms. The molecule has 0 aromatic heterocycles. The van der Waals surface area contributed by atoms with Crippen molar-refractivity contribution in [2.75, 3.05) is 20.2 Å². The van der Waals surface area contributed by atoms with Gasteiger partial charge in [0.25, 0.3) is 0 Å². The fourth-order valence-corrected chi connectivity index (χ4v) is 3.65. The van der Waals surface area contributed by atoms with Gasteiger partial charge in [-0.3, -0.25) is 9.69 Å². The first kappa shape index (κ1) is 20.4. The molecule has 2 atom stereocenters. The van der Waals surface area contributed by atoms with E-state index < -0.39 is 0 Å². The zero-order valence-corrected chi connectivity index (χ0v) is 16.3. The molecule has 2 unspecified atom stereocenters. The summed E-state index contributed by atoms with van der Waals surface area (Å²) in [6.45, 7) is 6.72. The van der Waals surface area contributed by atoms with E-state index in [9.17, 15) is 9.59 Å². The van der Waals surface area contributed by atoms with Crippen molar-refractivity contribution in [1.82, 2.24) is 10.2 Å². The summed E-state index contributed by atoms with van der Waals surface area (Å²) in [6.07, 6.45) is 6.20. The van der Waals surface area contributed by atoms with E-state index in [0.717, 1.165) is 24.6 Å². The Bertz CT molecular complexity index is 585. The second-order valence-electron chi connectivity index (χ2n) is 7.20. The van der Waals surface area contributed by atoms with Crippen molar-refractivity contribution in [2.24, 2.45) is 5.92 Å². The Labute approximate surface area is 157 Å². The van der Waals surface area contributed by atoms with Gasteiger partial charge in [-0.1, -0.05) is 31.9 Å². The number of hydrogen-bond acceptors (Lipinski definition) is 4. The van der Waals surface area contributed by atoms with Gasteiger partial charge >= 0.3 is 5.97 Å². The maximum atomic E-state index is 12.5. The molecule has 2 rings (SSSR count). The van der Waals surface area contributed by atoms with E-state index >= 15 is 0 Å². The van der Waals surface area contributed by atoms with Crippen LogP contribution >= 0.6 is 0 Å². The molecule has 0 saturated carbocycles. The monoisotopic (exact) mass is 360 g/mol. The standard InChI is InChI=1S/C21H32N2O3/c1-4-6-17-7-5-13-23(14-12-17)16(2)20(24)22-15-18-8-10-19(11-9-18)21(25)26-3/h8-11,16-17H,4-7,12-15H2,1-3H3,(H,22,24). The molecule has 0 spiro atoms. The van der Waals surface area contributed by atoms with Crippen molar-refractivity contribution in [3.8, 4) is 0 Å². The Balaban J connectivity index is 1.82. The summed E-state index contributed by atoms with van der Waals surface area (Å²) in [5, 5.41) is 3.02. The third-order valence-electron chi connectivity index (χ3n) is 5.35. The summed E-state index contributed by atoms with van der Waals surface area (Å²) in [6, 6.07) is 7.03. The topological polar surface area (TPSA) is 58.6 Å². The largest absolute Gasteiger partial charge is 0.465 e. The minimum absolute atomic E-state index is 0.0657. The minimum Gasteiger partial charge on any atom is -0.465 e. The van der Waals surface area contributed by atoms with E-state index in [-0.39, 0.29) is 17.9 Å². The van der Waals surface area contributed by atoms with E-state index in [1.807, 2.05) is 19.1 Å². The van der Waals surface area contributed by atoms with Gasteiger partial charge in [-0.2, -0.15) is 0 Å². The molecule has 0 aliphatic carbocycles. The van der Waals surface area contributed by atoms with Crippen LogP contribution in [-0.2, 0) is 16.1 Å². The molecule has 1 aromatic rings. The smallest absolute Gasteiger partial charge is 0.337 e. The number of ether oxygens (including phenoxy) is 1. The maximum absolute atomic E-state index is 12.5.